The van der Waals surface area contributed by atoms with Crippen molar-refractivity contribution in [2.75, 3.05) is 4.90 Å². The van der Waals surface area contributed by atoms with Gasteiger partial charge in [-0.15, -0.1) is 0 Å². The third-order valence-electron chi connectivity index (χ3n) is 4.13. The number of carbonyl (C=O) groups is 2. The van der Waals surface area contributed by atoms with Crippen LogP contribution in [-0.4, -0.2) is 23.4 Å². The molecule has 21 heavy (non-hydrogen) atoms. The molecule has 1 aliphatic rings. The molecule has 4 nitrogen and oxygen atoms in total. The second-order valence-corrected chi connectivity index (χ2v) is 6.39. The highest BCUT2D eigenvalue weighted by molar-refractivity contribution is 14.1. The number of hydrogen-bond acceptors (Lipinski definition) is 2. The van der Waals surface area contributed by atoms with Gasteiger partial charge in [0.15, 0.2) is 0 Å². The molecule has 1 aliphatic heterocycles. The predicted molar refractivity (Wildman–Crippen MR) is 87.5 cm³/mol. The minimum absolute atomic E-state index is 0.135. The summed E-state index contributed by atoms with van der Waals surface area (Å²) in [6, 6.07) is 3.62. The number of piperazine rings is 1. The van der Waals surface area contributed by atoms with Gasteiger partial charge in [-0.2, -0.15) is 0 Å². The second kappa shape index (κ2) is 5.90. The minimum Gasteiger partial charge on any atom is -0.340 e. The molecular formula is C15H18FIN2O2. The van der Waals surface area contributed by atoms with Crippen molar-refractivity contribution < 1.29 is 14.0 Å². The normalized spacial score (nSPS) is 21.4. The van der Waals surface area contributed by atoms with E-state index < -0.39 is 11.6 Å². The van der Waals surface area contributed by atoms with E-state index >= 15 is 0 Å². The number of amides is 2. The van der Waals surface area contributed by atoms with Crippen molar-refractivity contribution >= 4 is 40.1 Å². The number of nitrogens with one attached hydrogen (secondary N) is 1. The SMILES string of the molecule is CCC1(CC)NC(=O)C(C)N(c2ccc(F)cc2I)C1=O. The van der Waals surface area contributed by atoms with Crippen LogP contribution < -0.4 is 10.2 Å². The Hall–Kier alpha value is -1.18. The van der Waals surface area contributed by atoms with E-state index in [-0.39, 0.29) is 17.6 Å². The fourth-order valence-electron chi connectivity index (χ4n) is 2.64. The standard InChI is InChI=1S/C15H18FIN2O2/c1-4-15(5-2)14(21)19(9(3)13(20)18-15)12-7-6-10(16)8-11(12)17/h6-9H,4-5H2,1-3H3,(H,18,20). The van der Waals surface area contributed by atoms with Gasteiger partial charge in [0.1, 0.15) is 17.4 Å². The minimum atomic E-state index is -0.874. The molecule has 2 rings (SSSR count). The van der Waals surface area contributed by atoms with Crippen LogP contribution in [0, 0.1) is 9.39 Å². The van der Waals surface area contributed by atoms with Gasteiger partial charge in [0, 0.05) is 3.57 Å². The Morgan fingerprint density at radius 1 is 1.33 bits per heavy atom. The monoisotopic (exact) mass is 404 g/mol. The van der Waals surface area contributed by atoms with Gasteiger partial charge in [0.05, 0.1) is 5.69 Å². The van der Waals surface area contributed by atoms with E-state index in [0.29, 0.717) is 22.1 Å². The average Bonchev–Trinajstić information content (AvgIpc) is 2.45. The molecular weight excluding hydrogens is 386 g/mol. The molecule has 0 aliphatic carbocycles. The highest BCUT2D eigenvalue weighted by Gasteiger charge is 2.48. The van der Waals surface area contributed by atoms with Crippen LogP contribution in [0.2, 0.25) is 0 Å². The van der Waals surface area contributed by atoms with Gasteiger partial charge < -0.3 is 5.32 Å². The first-order chi connectivity index (χ1) is 9.86. The van der Waals surface area contributed by atoms with Gasteiger partial charge in [0.25, 0.3) is 5.91 Å². The van der Waals surface area contributed by atoms with Gasteiger partial charge >= 0.3 is 0 Å². The average molecular weight is 404 g/mol. The summed E-state index contributed by atoms with van der Waals surface area (Å²) in [5, 5.41) is 2.85. The zero-order chi connectivity index (χ0) is 15.8. The van der Waals surface area contributed by atoms with Gasteiger partial charge in [0.2, 0.25) is 5.91 Å². The molecule has 0 spiro atoms. The lowest BCUT2D eigenvalue weighted by Gasteiger charge is -2.44. The summed E-state index contributed by atoms with van der Waals surface area (Å²) in [7, 11) is 0. The highest BCUT2D eigenvalue weighted by Crippen LogP contribution is 2.32. The van der Waals surface area contributed by atoms with E-state index in [9.17, 15) is 14.0 Å². The molecule has 1 atom stereocenters. The third-order valence-corrected chi connectivity index (χ3v) is 5.00. The number of rotatable bonds is 3. The summed E-state index contributed by atoms with van der Waals surface area (Å²) in [6.45, 7) is 5.44. The summed E-state index contributed by atoms with van der Waals surface area (Å²) in [6.07, 6.45) is 1.05. The Morgan fingerprint density at radius 2 is 1.95 bits per heavy atom. The van der Waals surface area contributed by atoms with Crippen LogP contribution >= 0.6 is 22.6 Å². The van der Waals surface area contributed by atoms with E-state index in [0.717, 1.165) is 0 Å². The van der Waals surface area contributed by atoms with Crippen molar-refractivity contribution in [2.24, 2.45) is 0 Å². The molecule has 1 heterocycles. The van der Waals surface area contributed by atoms with Crippen LogP contribution in [0.1, 0.15) is 33.6 Å². The second-order valence-electron chi connectivity index (χ2n) is 5.23. The van der Waals surface area contributed by atoms with Crippen molar-refractivity contribution in [1.29, 1.82) is 0 Å². The van der Waals surface area contributed by atoms with E-state index in [4.69, 9.17) is 0 Å². The Bertz CT molecular complexity index is 587. The van der Waals surface area contributed by atoms with E-state index in [2.05, 4.69) is 5.32 Å². The molecule has 0 saturated carbocycles. The smallest absolute Gasteiger partial charge is 0.253 e. The zero-order valence-corrected chi connectivity index (χ0v) is 14.4. The van der Waals surface area contributed by atoms with Crippen molar-refractivity contribution in [3.05, 3.63) is 27.6 Å². The number of halogens is 2. The summed E-state index contributed by atoms with van der Waals surface area (Å²) >= 11 is 1.99. The van der Waals surface area contributed by atoms with Crippen molar-refractivity contribution in [1.82, 2.24) is 5.32 Å². The number of anilines is 1. The molecule has 114 valence electrons. The third kappa shape index (κ3) is 2.65. The Balaban J connectivity index is 2.53. The first-order valence-corrected chi connectivity index (χ1v) is 8.05. The fraction of sp³-hybridized carbons (Fsp3) is 0.467. The van der Waals surface area contributed by atoms with E-state index in [1.54, 1.807) is 13.0 Å². The van der Waals surface area contributed by atoms with E-state index in [1.807, 2.05) is 36.4 Å². The van der Waals surface area contributed by atoms with Crippen LogP contribution in [0.3, 0.4) is 0 Å². The molecule has 1 N–H and O–H groups in total. The molecule has 1 saturated heterocycles. The topological polar surface area (TPSA) is 49.4 Å². The highest BCUT2D eigenvalue weighted by atomic mass is 127. The van der Waals surface area contributed by atoms with Crippen LogP contribution in [-0.2, 0) is 9.59 Å². The zero-order valence-electron chi connectivity index (χ0n) is 12.2. The van der Waals surface area contributed by atoms with Crippen molar-refractivity contribution in [3.63, 3.8) is 0 Å². The summed E-state index contributed by atoms with van der Waals surface area (Å²) in [5.41, 5.74) is -0.295. The summed E-state index contributed by atoms with van der Waals surface area (Å²) in [5.74, 6) is -0.676. The van der Waals surface area contributed by atoms with Crippen molar-refractivity contribution in [2.45, 2.75) is 45.2 Å². The van der Waals surface area contributed by atoms with Crippen molar-refractivity contribution in [3.8, 4) is 0 Å². The maximum Gasteiger partial charge on any atom is 0.253 e. The quantitative estimate of drug-likeness (QED) is 0.788. The number of hydrogen-bond donors (Lipinski definition) is 1. The first kappa shape index (κ1) is 16.2. The lowest BCUT2D eigenvalue weighted by molar-refractivity contribution is -0.138. The van der Waals surface area contributed by atoms with Gasteiger partial charge in [-0.1, -0.05) is 13.8 Å². The largest absolute Gasteiger partial charge is 0.340 e. The van der Waals surface area contributed by atoms with E-state index in [1.165, 1.54) is 17.0 Å². The van der Waals surface area contributed by atoms with Crippen LogP contribution in [0.25, 0.3) is 0 Å². The van der Waals surface area contributed by atoms with Gasteiger partial charge in [-0.3, -0.25) is 14.5 Å². The van der Waals surface area contributed by atoms with Crippen LogP contribution in [0.15, 0.2) is 18.2 Å². The molecule has 1 fully saturated rings. The molecule has 6 heteroatoms. The molecule has 2 amide bonds. The Kier molecular flexibility index (Phi) is 4.55. The molecule has 1 unspecified atom stereocenters. The Morgan fingerprint density at radius 3 is 2.48 bits per heavy atom. The van der Waals surface area contributed by atoms with Gasteiger partial charge in [-0.05, 0) is 60.6 Å². The number of carbonyl (C=O) groups excluding carboxylic acids is 2. The lowest BCUT2D eigenvalue weighted by Crippen LogP contribution is -2.69. The molecule has 0 radical (unpaired) electrons. The molecule has 0 aromatic heterocycles. The summed E-state index contributed by atoms with van der Waals surface area (Å²) in [4.78, 5) is 26.7. The maximum atomic E-state index is 13.3. The number of benzene rings is 1. The number of nitrogens with zero attached hydrogens (tertiary/aromatic N) is 1. The first-order valence-electron chi connectivity index (χ1n) is 6.97. The fourth-order valence-corrected chi connectivity index (χ4v) is 3.38. The predicted octanol–water partition coefficient (Wildman–Crippen LogP) is 2.84. The maximum absolute atomic E-state index is 13.3. The van der Waals surface area contributed by atoms with Crippen LogP contribution in [0.5, 0.6) is 0 Å². The lowest BCUT2D eigenvalue weighted by atomic mass is 9.87. The van der Waals surface area contributed by atoms with Crippen LogP contribution in [0.4, 0.5) is 10.1 Å². The molecule has 1 aromatic carbocycles. The molecule has 0 bridgehead atoms. The molecule has 1 aromatic rings. The summed E-state index contributed by atoms with van der Waals surface area (Å²) < 4.78 is 13.9. The van der Waals surface area contributed by atoms with Gasteiger partial charge in [-0.25, -0.2) is 4.39 Å². The Labute approximate surface area is 137 Å².